The second-order valence-electron chi connectivity index (χ2n) is 7.98. The molecule has 0 bridgehead atoms. The second kappa shape index (κ2) is 7.38. The van der Waals surface area contributed by atoms with E-state index in [4.69, 9.17) is 4.74 Å². The van der Waals surface area contributed by atoms with Gasteiger partial charge in [-0.1, -0.05) is 6.92 Å². The smallest absolute Gasteiger partial charge is 0.348 e. The third kappa shape index (κ3) is 3.42. The Morgan fingerprint density at radius 3 is 2.73 bits per heavy atom. The van der Waals surface area contributed by atoms with Gasteiger partial charge in [0.1, 0.15) is 15.2 Å². The Labute approximate surface area is 176 Å². The fraction of sp³-hybridized carbons (Fsp3) is 0.526. The summed E-state index contributed by atoms with van der Waals surface area (Å²) in [6, 6.07) is 1.01. The molecule has 4 amide bonds. The molecule has 0 atom stereocenters. The minimum absolute atomic E-state index is 0.346. The molecule has 1 saturated heterocycles. The Morgan fingerprint density at radius 1 is 1.37 bits per heavy atom. The summed E-state index contributed by atoms with van der Waals surface area (Å²) in [4.78, 5) is 50.7. The number of hydrogen-bond acceptors (Lipinski definition) is 7. The van der Waals surface area contributed by atoms with Crippen molar-refractivity contribution in [2.75, 3.05) is 6.61 Å². The molecular weight excluding hydrogens is 410 g/mol. The van der Waals surface area contributed by atoms with E-state index >= 15 is 0 Å². The lowest BCUT2D eigenvalue weighted by molar-refractivity contribution is -0.141. The van der Waals surface area contributed by atoms with Crippen LogP contribution in [0.25, 0.3) is 10.2 Å². The van der Waals surface area contributed by atoms with Gasteiger partial charge >= 0.3 is 12.0 Å². The number of nitrogens with one attached hydrogen (secondary N) is 2. The number of imide groups is 1. The number of rotatable bonds is 4. The van der Waals surface area contributed by atoms with Crippen LogP contribution in [0.15, 0.2) is 6.07 Å². The van der Waals surface area contributed by atoms with Gasteiger partial charge in [0.05, 0.1) is 5.69 Å². The Morgan fingerprint density at radius 2 is 2.07 bits per heavy atom. The zero-order chi connectivity index (χ0) is 21.6. The van der Waals surface area contributed by atoms with Gasteiger partial charge in [0.25, 0.3) is 11.8 Å². The molecule has 3 heterocycles. The highest BCUT2D eigenvalue weighted by Gasteiger charge is 2.52. The maximum Gasteiger partial charge on any atom is 0.348 e. The van der Waals surface area contributed by atoms with Crippen LogP contribution in [0.2, 0.25) is 0 Å². The summed E-state index contributed by atoms with van der Waals surface area (Å²) in [6.45, 7) is 3.34. The number of thiophene rings is 1. The summed E-state index contributed by atoms with van der Waals surface area (Å²) in [5.41, 5.74) is 2.10. The molecular formula is C19H23N5O5S. The van der Waals surface area contributed by atoms with E-state index < -0.39 is 36.0 Å². The summed E-state index contributed by atoms with van der Waals surface area (Å²) in [5, 5.41) is 8.54. The average molecular weight is 433 g/mol. The number of aromatic nitrogens is 2. The molecule has 2 aliphatic rings. The van der Waals surface area contributed by atoms with Gasteiger partial charge in [-0.05, 0) is 44.6 Å². The topological polar surface area (TPSA) is 123 Å². The van der Waals surface area contributed by atoms with Crippen LogP contribution in [0.1, 0.15) is 48.0 Å². The third-order valence-electron chi connectivity index (χ3n) is 5.76. The number of aryl methyl sites for hydroxylation is 2. The van der Waals surface area contributed by atoms with E-state index in [1.165, 1.54) is 11.3 Å². The van der Waals surface area contributed by atoms with E-state index in [0.29, 0.717) is 28.6 Å². The number of esters is 1. The molecule has 2 aromatic rings. The Bertz CT molecular complexity index is 1010. The minimum atomic E-state index is -0.948. The minimum Gasteiger partial charge on any atom is -0.451 e. The first kappa shape index (κ1) is 20.3. The number of ether oxygens (including phenoxy) is 1. The molecule has 1 aliphatic carbocycles. The van der Waals surface area contributed by atoms with Crippen molar-refractivity contribution in [2.45, 2.75) is 45.1 Å². The molecule has 1 spiro atoms. The Balaban J connectivity index is 1.35. The van der Waals surface area contributed by atoms with Crippen molar-refractivity contribution in [3.05, 3.63) is 16.6 Å². The lowest BCUT2D eigenvalue weighted by Crippen LogP contribution is -2.52. The van der Waals surface area contributed by atoms with Crippen molar-refractivity contribution in [3.63, 3.8) is 0 Å². The molecule has 2 fully saturated rings. The average Bonchev–Trinajstić information content (AvgIpc) is 3.33. The quantitative estimate of drug-likeness (QED) is 0.558. The first-order valence-corrected chi connectivity index (χ1v) is 10.6. The molecule has 30 heavy (non-hydrogen) atoms. The molecule has 0 aromatic carbocycles. The normalized spacial score (nSPS) is 23.8. The van der Waals surface area contributed by atoms with Gasteiger partial charge in [-0.15, -0.1) is 11.3 Å². The first-order valence-electron chi connectivity index (χ1n) is 9.76. The van der Waals surface area contributed by atoms with Crippen LogP contribution < -0.4 is 10.7 Å². The molecule has 11 heteroatoms. The Kier molecular flexibility index (Phi) is 5.00. The van der Waals surface area contributed by atoms with E-state index in [1.54, 1.807) is 17.8 Å². The lowest BCUT2D eigenvalue weighted by Gasteiger charge is -2.33. The van der Waals surface area contributed by atoms with E-state index in [0.717, 1.165) is 28.8 Å². The van der Waals surface area contributed by atoms with Crippen LogP contribution in [-0.4, -0.2) is 50.7 Å². The van der Waals surface area contributed by atoms with Gasteiger partial charge in [-0.3, -0.25) is 19.7 Å². The van der Waals surface area contributed by atoms with Gasteiger partial charge in [0.2, 0.25) is 0 Å². The highest BCUT2D eigenvalue weighted by molar-refractivity contribution is 7.20. The molecule has 0 unspecified atom stereocenters. The van der Waals surface area contributed by atoms with E-state index in [2.05, 4.69) is 22.8 Å². The largest absolute Gasteiger partial charge is 0.451 e. The first-order chi connectivity index (χ1) is 14.2. The highest BCUT2D eigenvalue weighted by atomic mass is 32.1. The Hall–Kier alpha value is -2.95. The molecule has 1 saturated carbocycles. The maximum absolute atomic E-state index is 12.7. The lowest BCUT2D eigenvalue weighted by atomic mass is 9.77. The number of fused-ring (bicyclic) bond motifs is 1. The van der Waals surface area contributed by atoms with E-state index in [-0.39, 0.29) is 0 Å². The summed E-state index contributed by atoms with van der Waals surface area (Å²) in [5.74, 6) is -1.38. The zero-order valence-electron chi connectivity index (χ0n) is 17.0. The molecule has 1 aliphatic heterocycles. The van der Waals surface area contributed by atoms with Crippen molar-refractivity contribution < 1.29 is 23.9 Å². The van der Waals surface area contributed by atoms with Gasteiger partial charge in [-0.25, -0.2) is 9.59 Å². The summed E-state index contributed by atoms with van der Waals surface area (Å²) < 4.78 is 6.74. The van der Waals surface area contributed by atoms with Gasteiger partial charge in [0.15, 0.2) is 6.61 Å². The van der Waals surface area contributed by atoms with Crippen molar-refractivity contribution in [2.24, 2.45) is 13.0 Å². The number of carbonyl (C=O) groups is 4. The van der Waals surface area contributed by atoms with Crippen molar-refractivity contribution in [1.82, 2.24) is 25.5 Å². The molecule has 0 radical (unpaired) electrons. The second-order valence-corrected chi connectivity index (χ2v) is 9.02. The maximum atomic E-state index is 12.7. The van der Waals surface area contributed by atoms with Gasteiger partial charge < -0.3 is 10.1 Å². The van der Waals surface area contributed by atoms with Crippen LogP contribution in [0, 0.1) is 12.8 Å². The van der Waals surface area contributed by atoms with Crippen LogP contribution >= 0.6 is 11.3 Å². The van der Waals surface area contributed by atoms with Gasteiger partial charge in [0, 0.05) is 12.4 Å². The standard InChI is InChI=1S/C19H23N5O5S/c1-10-4-6-19(7-5-10)17(27)24(18(28)20-19)22-14(25)9-29-16(26)13-8-12-11(2)21-23(3)15(12)30-13/h8,10H,4-7,9H2,1-3H3,(H,20,28)(H,22,25). The van der Waals surface area contributed by atoms with Crippen LogP contribution in [0.3, 0.4) is 0 Å². The third-order valence-corrected chi connectivity index (χ3v) is 6.94. The van der Waals surface area contributed by atoms with Crippen LogP contribution in [0.4, 0.5) is 4.79 Å². The highest BCUT2D eigenvalue weighted by Crippen LogP contribution is 2.35. The van der Waals surface area contributed by atoms with E-state index in [1.807, 2.05) is 6.92 Å². The number of hydrogen-bond donors (Lipinski definition) is 2. The van der Waals surface area contributed by atoms with E-state index in [9.17, 15) is 19.2 Å². The van der Waals surface area contributed by atoms with Crippen molar-refractivity contribution >= 4 is 45.4 Å². The predicted octanol–water partition coefficient (Wildman–Crippen LogP) is 1.63. The fourth-order valence-corrected chi connectivity index (χ4v) is 5.00. The van der Waals surface area contributed by atoms with Gasteiger partial charge in [-0.2, -0.15) is 10.1 Å². The number of hydrazine groups is 1. The monoisotopic (exact) mass is 433 g/mol. The number of amides is 4. The SMILES string of the molecule is Cc1nn(C)c2sc(C(=O)OCC(=O)NN3C(=O)NC4(CCC(C)CC4)C3=O)cc12. The molecule has 10 nitrogen and oxygen atoms in total. The molecule has 4 rings (SSSR count). The fourth-order valence-electron chi connectivity index (χ4n) is 3.98. The molecule has 2 N–H and O–H groups in total. The molecule has 2 aromatic heterocycles. The van der Waals surface area contributed by atoms with Crippen molar-refractivity contribution in [1.29, 1.82) is 0 Å². The predicted molar refractivity (Wildman–Crippen MR) is 107 cm³/mol. The number of nitrogens with zero attached hydrogens (tertiary/aromatic N) is 3. The van der Waals surface area contributed by atoms with Crippen LogP contribution in [0.5, 0.6) is 0 Å². The van der Waals surface area contributed by atoms with Crippen LogP contribution in [-0.2, 0) is 21.4 Å². The number of carbonyl (C=O) groups excluding carboxylic acids is 4. The van der Waals surface area contributed by atoms with Crippen molar-refractivity contribution in [3.8, 4) is 0 Å². The zero-order valence-corrected chi connectivity index (χ0v) is 17.8. The summed E-state index contributed by atoms with van der Waals surface area (Å²) in [7, 11) is 1.78. The number of urea groups is 1. The summed E-state index contributed by atoms with van der Waals surface area (Å²) >= 11 is 1.22. The molecule has 160 valence electrons. The summed E-state index contributed by atoms with van der Waals surface area (Å²) in [6.07, 6.45) is 2.74.